The Balaban J connectivity index is 1.87. The van der Waals surface area contributed by atoms with Crippen molar-refractivity contribution in [1.29, 1.82) is 0 Å². The summed E-state index contributed by atoms with van der Waals surface area (Å²) < 4.78 is 4.32. The third kappa shape index (κ3) is 3.33. The molecule has 0 aliphatic heterocycles. The molecule has 0 aliphatic carbocycles. The van der Waals surface area contributed by atoms with E-state index in [-0.39, 0.29) is 5.41 Å². The fourth-order valence-corrected chi connectivity index (χ4v) is 3.86. The Kier molecular flexibility index (Phi) is 4.53. The molecule has 0 bridgehead atoms. The molecular formula is C19H21N7O2S. The molecule has 0 atom stereocenters. The number of fused-ring (bicyclic) bond motifs is 2. The van der Waals surface area contributed by atoms with Gasteiger partial charge in [-0.05, 0) is 6.07 Å². The first-order chi connectivity index (χ1) is 13.7. The van der Waals surface area contributed by atoms with E-state index in [2.05, 4.69) is 19.9 Å². The minimum Gasteiger partial charge on any atom is -0.291 e. The second-order valence-electron chi connectivity index (χ2n) is 7.85. The third-order valence-corrected chi connectivity index (χ3v) is 5.59. The van der Waals surface area contributed by atoms with Gasteiger partial charge in [-0.2, -0.15) is 0 Å². The molecule has 4 heterocycles. The van der Waals surface area contributed by atoms with Crippen LogP contribution in [-0.4, -0.2) is 33.5 Å². The van der Waals surface area contributed by atoms with Crippen LogP contribution < -0.4 is 11.2 Å². The van der Waals surface area contributed by atoms with E-state index in [1.165, 1.54) is 23.4 Å². The molecule has 0 unspecified atom stereocenters. The Hall–Kier alpha value is -3.01. The van der Waals surface area contributed by atoms with Crippen molar-refractivity contribution >= 4 is 28.6 Å². The molecule has 4 rings (SSSR count). The van der Waals surface area contributed by atoms with Gasteiger partial charge in [0.05, 0.1) is 5.69 Å². The molecule has 0 aromatic carbocycles. The number of hydrogen-bond donors (Lipinski definition) is 0. The molecule has 0 fully saturated rings. The number of nitrogens with zero attached hydrogens (tertiary/aromatic N) is 7. The van der Waals surface area contributed by atoms with Crippen LogP contribution in [0.25, 0.3) is 16.8 Å². The Morgan fingerprint density at radius 3 is 2.52 bits per heavy atom. The van der Waals surface area contributed by atoms with Crippen LogP contribution in [0.5, 0.6) is 0 Å². The van der Waals surface area contributed by atoms with Gasteiger partial charge in [0.1, 0.15) is 16.2 Å². The lowest BCUT2D eigenvalue weighted by molar-refractivity contribution is 0.539. The minimum absolute atomic E-state index is 0.340. The summed E-state index contributed by atoms with van der Waals surface area (Å²) in [5.74, 6) is 1.70. The van der Waals surface area contributed by atoms with E-state index in [9.17, 15) is 9.59 Å². The van der Waals surface area contributed by atoms with Crippen molar-refractivity contribution < 1.29 is 0 Å². The van der Waals surface area contributed by atoms with Gasteiger partial charge < -0.3 is 0 Å². The van der Waals surface area contributed by atoms with Gasteiger partial charge in [-0.1, -0.05) is 32.5 Å². The maximum absolute atomic E-state index is 12.9. The molecule has 0 spiro atoms. The Morgan fingerprint density at radius 2 is 1.83 bits per heavy atom. The van der Waals surface area contributed by atoms with E-state index in [0.29, 0.717) is 33.4 Å². The number of thioether (sulfide) groups is 1. The zero-order chi connectivity index (χ0) is 20.9. The monoisotopic (exact) mass is 411 g/mol. The lowest BCUT2D eigenvalue weighted by Gasteiger charge is -2.19. The van der Waals surface area contributed by atoms with Gasteiger partial charge in [-0.3, -0.25) is 18.3 Å². The molecule has 29 heavy (non-hydrogen) atoms. The predicted molar refractivity (Wildman–Crippen MR) is 111 cm³/mol. The van der Waals surface area contributed by atoms with E-state index in [0.717, 1.165) is 10.3 Å². The zero-order valence-electron chi connectivity index (χ0n) is 16.9. The number of imidazole rings is 1. The molecule has 0 amide bonds. The van der Waals surface area contributed by atoms with Gasteiger partial charge in [0, 0.05) is 43.9 Å². The fraction of sp³-hybridized carbons (Fsp3) is 0.368. The van der Waals surface area contributed by atoms with Crippen LogP contribution in [0.3, 0.4) is 0 Å². The maximum atomic E-state index is 12.9. The van der Waals surface area contributed by atoms with E-state index in [1.54, 1.807) is 13.2 Å². The highest BCUT2D eigenvalue weighted by molar-refractivity contribution is 7.98. The molecule has 0 saturated carbocycles. The molecule has 10 heteroatoms. The standard InChI is InChI=1S/C19H21N7O2S/c1-19(2,3)16-22-13-12(15(27)25(5)18(28)24(13)4)14(23-16)29-10-11-9-26-8-6-7-20-17(26)21-11/h6-9H,10H2,1-5H3. The highest BCUT2D eigenvalue weighted by Gasteiger charge is 2.23. The molecule has 0 radical (unpaired) electrons. The van der Waals surface area contributed by atoms with E-state index >= 15 is 0 Å². The smallest absolute Gasteiger partial charge is 0.291 e. The second-order valence-corrected chi connectivity index (χ2v) is 8.82. The highest BCUT2D eigenvalue weighted by atomic mass is 32.2. The average molecular weight is 411 g/mol. The van der Waals surface area contributed by atoms with Crippen molar-refractivity contribution in [2.75, 3.05) is 0 Å². The second kappa shape index (κ2) is 6.80. The summed E-state index contributed by atoms with van der Waals surface area (Å²) in [7, 11) is 3.08. The van der Waals surface area contributed by atoms with Crippen LogP contribution >= 0.6 is 11.8 Å². The normalized spacial score (nSPS) is 12.2. The first-order valence-corrected chi connectivity index (χ1v) is 10.0. The van der Waals surface area contributed by atoms with Crippen molar-refractivity contribution in [2.24, 2.45) is 14.1 Å². The first kappa shape index (κ1) is 19.3. The Morgan fingerprint density at radius 1 is 1.07 bits per heavy atom. The summed E-state index contributed by atoms with van der Waals surface area (Å²) in [5, 5.41) is 0.885. The van der Waals surface area contributed by atoms with Gasteiger partial charge in [-0.15, -0.1) is 0 Å². The van der Waals surface area contributed by atoms with Crippen LogP contribution in [0.4, 0.5) is 0 Å². The molecule has 150 valence electrons. The SMILES string of the molecule is Cn1c(=O)c2c(SCc3cn4cccnc4n3)nc(C(C)(C)C)nc2n(C)c1=O. The Bertz CT molecular complexity index is 1330. The fourth-order valence-electron chi connectivity index (χ4n) is 2.96. The predicted octanol–water partition coefficient (Wildman–Crippen LogP) is 1.66. The van der Waals surface area contributed by atoms with E-state index in [1.807, 2.05) is 43.6 Å². The van der Waals surface area contributed by atoms with Crippen molar-refractivity contribution in [3.05, 3.63) is 57.0 Å². The molecule has 4 aromatic heterocycles. The van der Waals surface area contributed by atoms with Crippen molar-refractivity contribution in [2.45, 2.75) is 37.0 Å². The van der Waals surface area contributed by atoms with Crippen LogP contribution in [0.2, 0.25) is 0 Å². The van der Waals surface area contributed by atoms with Crippen LogP contribution in [0.1, 0.15) is 32.3 Å². The topological polar surface area (TPSA) is 100.0 Å². The molecule has 4 aromatic rings. The average Bonchev–Trinajstić information content (AvgIpc) is 3.10. The van der Waals surface area contributed by atoms with Crippen LogP contribution in [-0.2, 0) is 25.3 Å². The summed E-state index contributed by atoms with van der Waals surface area (Å²) in [6.45, 7) is 5.99. The van der Waals surface area contributed by atoms with Gasteiger partial charge in [0.25, 0.3) is 5.56 Å². The van der Waals surface area contributed by atoms with Crippen molar-refractivity contribution in [3.8, 4) is 0 Å². The van der Waals surface area contributed by atoms with Crippen molar-refractivity contribution in [3.63, 3.8) is 0 Å². The quantitative estimate of drug-likeness (QED) is 0.373. The largest absolute Gasteiger partial charge is 0.332 e. The summed E-state index contributed by atoms with van der Waals surface area (Å²) >= 11 is 1.40. The van der Waals surface area contributed by atoms with E-state index in [4.69, 9.17) is 0 Å². The molecular weight excluding hydrogens is 390 g/mol. The summed E-state index contributed by atoms with van der Waals surface area (Å²) in [6.07, 6.45) is 5.47. The minimum atomic E-state index is -0.413. The number of aryl methyl sites for hydroxylation is 1. The van der Waals surface area contributed by atoms with Crippen LogP contribution in [0.15, 0.2) is 39.3 Å². The maximum Gasteiger partial charge on any atom is 0.332 e. The summed E-state index contributed by atoms with van der Waals surface area (Å²) in [4.78, 5) is 43.2. The van der Waals surface area contributed by atoms with Gasteiger partial charge >= 0.3 is 5.69 Å². The lowest BCUT2D eigenvalue weighted by atomic mass is 9.96. The molecule has 0 saturated heterocycles. The lowest BCUT2D eigenvalue weighted by Crippen LogP contribution is -2.38. The number of rotatable bonds is 3. The molecule has 0 N–H and O–H groups in total. The zero-order valence-corrected chi connectivity index (χ0v) is 17.7. The first-order valence-electron chi connectivity index (χ1n) is 9.06. The molecule has 0 aliphatic rings. The number of hydrogen-bond acceptors (Lipinski definition) is 7. The summed E-state index contributed by atoms with van der Waals surface area (Å²) in [6, 6.07) is 1.84. The Labute approximate surface area is 170 Å². The van der Waals surface area contributed by atoms with Gasteiger partial charge in [0.2, 0.25) is 5.78 Å². The molecule has 9 nitrogen and oxygen atoms in total. The van der Waals surface area contributed by atoms with Crippen molar-refractivity contribution in [1.82, 2.24) is 33.5 Å². The third-order valence-electron chi connectivity index (χ3n) is 4.58. The van der Waals surface area contributed by atoms with Gasteiger partial charge in [-0.25, -0.2) is 24.7 Å². The van der Waals surface area contributed by atoms with Crippen LogP contribution in [0, 0.1) is 0 Å². The summed E-state index contributed by atoms with van der Waals surface area (Å²) in [5.41, 5.74) is 0.0101. The van der Waals surface area contributed by atoms with E-state index < -0.39 is 11.2 Å². The highest BCUT2D eigenvalue weighted by Crippen LogP contribution is 2.28. The number of aromatic nitrogens is 7. The van der Waals surface area contributed by atoms with Gasteiger partial charge in [0.15, 0.2) is 5.65 Å².